The summed E-state index contributed by atoms with van der Waals surface area (Å²) < 4.78 is 5.38. The second-order valence-electron chi connectivity index (χ2n) is 6.47. The zero-order chi connectivity index (χ0) is 12.7. The lowest BCUT2D eigenvalue weighted by Crippen LogP contribution is -2.37. The molecule has 1 N–H and O–H groups in total. The zero-order valence-corrected chi connectivity index (χ0v) is 11.0. The Kier molecular flexibility index (Phi) is 3.10. The van der Waals surface area contributed by atoms with E-state index in [0.29, 0.717) is 12.5 Å². The Balaban J connectivity index is 2.00. The van der Waals surface area contributed by atoms with Gasteiger partial charge in [-0.15, -0.1) is 0 Å². The molecule has 1 heterocycles. The highest BCUT2D eigenvalue weighted by atomic mass is 16.6. The van der Waals surface area contributed by atoms with E-state index in [2.05, 4.69) is 0 Å². The number of likely N-dealkylation sites (tertiary alicyclic amines) is 1. The van der Waals surface area contributed by atoms with Crippen LogP contribution in [-0.4, -0.2) is 41.4 Å². The van der Waals surface area contributed by atoms with Gasteiger partial charge in [0, 0.05) is 18.5 Å². The third kappa shape index (κ3) is 2.41. The van der Waals surface area contributed by atoms with E-state index in [0.717, 1.165) is 19.4 Å². The smallest absolute Gasteiger partial charge is 0.410 e. The third-order valence-corrected chi connectivity index (χ3v) is 4.01. The quantitative estimate of drug-likeness (QED) is 0.764. The molecule has 1 amide bonds. The van der Waals surface area contributed by atoms with Crippen LogP contribution in [0, 0.1) is 11.3 Å². The highest BCUT2D eigenvalue weighted by Gasteiger charge is 2.50. The van der Waals surface area contributed by atoms with E-state index in [9.17, 15) is 9.90 Å². The average Bonchev–Trinajstić information content (AvgIpc) is 2.70. The molecular formula is C13H23NO3. The third-order valence-electron chi connectivity index (χ3n) is 4.01. The molecule has 0 aromatic heterocycles. The first kappa shape index (κ1) is 12.7. The van der Waals surface area contributed by atoms with E-state index < -0.39 is 5.60 Å². The first-order valence-corrected chi connectivity index (χ1v) is 6.45. The van der Waals surface area contributed by atoms with Crippen molar-refractivity contribution in [3.05, 3.63) is 0 Å². The fraction of sp³-hybridized carbons (Fsp3) is 0.923. The van der Waals surface area contributed by atoms with Crippen molar-refractivity contribution < 1.29 is 14.6 Å². The number of fused-ring (bicyclic) bond motifs is 1. The van der Waals surface area contributed by atoms with Crippen molar-refractivity contribution in [2.75, 3.05) is 19.7 Å². The second-order valence-corrected chi connectivity index (χ2v) is 6.47. The lowest BCUT2D eigenvalue weighted by molar-refractivity contribution is 0.0251. The molecule has 0 spiro atoms. The molecule has 2 aliphatic rings. The molecule has 1 saturated carbocycles. The lowest BCUT2D eigenvalue weighted by atomic mass is 9.82. The van der Waals surface area contributed by atoms with E-state index in [4.69, 9.17) is 4.74 Å². The molecule has 2 rings (SSSR count). The number of hydrogen-bond donors (Lipinski definition) is 1. The summed E-state index contributed by atoms with van der Waals surface area (Å²) in [7, 11) is 0. The molecule has 2 atom stereocenters. The van der Waals surface area contributed by atoms with Crippen molar-refractivity contribution in [2.24, 2.45) is 11.3 Å². The normalized spacial score (nSPS) is 32.7. The van der Waals surface area contributed by atoms with Crippen molar-refractivity contribution in [3.63, 3.8) is 0 Å². The second kappa shape index (κ2) is 4.16. The summed E-state index contributed by atoms with van der Waals surface area (Å²) in [5, 5.41) is 9.58. The SMILES string of the molecule is CC(C)(C)OC(=O)N1CC2CCCC2(CO)C1. The molecule has 4 heteroatoms. The van der Waals surface area contributed by atoms with Crippen molar-refractivity contribution >= 4 is 6.09 Å². The molecule has 2 unspecified atom stereocenters. The molecule has 1 aliphatic carbocycles. The van der Waals surface area contributed by atoms with Crippen LogP contribution >= 0.6 is 0 Å². The van der Waals surface area contributed by atoms with Crippen LogP contribution in [0.5, 0.6) is 0 Å². The van der Waals surface area contributed by atoms with Gasteiger partial charge in [0.2, 0.25) is 0 Å². The van der Waals surface area contributed by atoms with Gasteiger partial charge in [0.05, 0.1) is 6.61 Å². The zero-order valence-electron chi connectivity index (χ0n) is 11.0. The van der Waals surface area contributed by atoms with Crippen LogP contribution in [0.1, 0.15) is 40.0 Å². The van der Waals surface area contributed by atoms with Gasteiger partial charge < -0.3 is 14.7 Å². The Hall–Kier alpha value is -0.770. The first-order valence-electron chi connectivity index (χ1n) is 6.45. The van der Waals surface area contributed by atoms with E-state index in [1.165, 1.54) is 6.42 Å². The standard InChI is InChI=1S/C13H23NO3/c1-12(2,3)17-11(16)14-7-10-5-4-6-13(10,8-14)9-15/h10,15H,4-9H2,1-3H3. The minimum absolute atomic E-state index is 0.0447. The molecule has 1 saturated heterocycles. The Morgan fingerprint density at radius 1 is 1.53 bits per heavy atom. The number of aliphatic hydroxyl groups is 1. The molecule has 17 heavy (non-hydrogen) atoms. The van der Waals surface area contributed by atoms with E-state index >= 15 is 0 Å². The van der Waals surface area contributed by atoms with Gasteiger partial charge in [0.15, 0.2) is 0 Å². The summed E-state index contributed by atoms with van der Waals surface area (Å²) in [5.74, 6) is 0.458. The molecular weight excluding hydrogens is 218 g/mol. The van der Waals surface area contributed by atoms with Crippen LogP contribution in [0.4, 0.5) is 4.79 Å². The topological polar surface area (TPSA) is 49.8 Å². The van der Waals surface area contributed by atoms with Crippen LogP contribution in [0.2, 0.25) is 0 Å². The first-order chi connectivity index (χ1) is 7.86. The van der Waals surface area contributed by atoms with Gasteiger partial charge in [-0.05, 0) is 39.5 Å². The molecule has 98 valence electrons. The maximum absolute atomic E-state index is 12.0. The predicted octanol–water partition coefficient (Wildman–Crippen LogP) is 2.02. The Morgan fingerprint density at radius 2 is 2.24 bits per heavy atom. The van der Waals surface area contributed by atoms with E-state index in [-0.39, 0.29) is 18.1 Å². The molecule has 1 aliphatic heterocycles. The summed E-state index contributed by atoms with van der Waals surface area (Å²) in [6, 6.07) is 0. The van der Waals surface area contributed by atoms with Crippen LogP contribution in [0.25, 0.3) is 0 Å². The predicted molar refractivity (Wildman–Crippen MR) is 64.7 cm³/mol. The van der Waals surface area contributed by atoms with Gasteiger partial charge in [-0.25, -0.2) is 4.79 Å². The van der Waals surface area contributed by atoms with Gasteiger partial charge in [0.25, 0.3) is 0 Å². The van der Waals surface area contributed by atoms with Gasteiger partial charge >= 0.3 is 6.09 Å². The van der Waals surface area contributed by atoms with Crippen LogP contribution < -0.4 is 0 Å². The molecule has 0 aromatic rings. The summed E-state index contributed by atoms with van der Waals surface area (Å²) in [6.45, 7) is 7.23. The molecule has 0 radical (unpaired) electrons. The van der Waals surface area contributed by atoms with Gasteiger partial charge in [-0.1, -0.05) is 6.42 Å². The highest BCUT2D eigenvalue weighted by Crippen LogP contribution is 2.48. The summed E-state index contributed by atoms with van der Waals surface area (Å²) in [5.41, 5.74) is -0.488. The number of aliphatic hydroxyl groups excluding tert-OH is 1. The number of carbonyl (C=O) groups is 1. The Bertz CT molecular complexity index is 310. The van der Waals surface area contributed by atoms with Crippen molar-refractivity contribution in [2.45, 2.75) is 45.6 Å². The molecule has 0 bridgehead atoms. The number of amides is 1. The van der Waals surface area contributed by atoms with Crippen LogP contribution in [0.15, 0.2) is 0 Å². The molecule has 4 nitrogen and oxygen atoms in total. The number of ether oxygens (including phenoxy) is 1. The van der Waals surface area contributed by atoms with Crippen LogP contribution in [-0.2, 0) is 4.74 Å². The van der Waals surface area contributed by atoms with Gasteiger partial charge in [0.1, 0.15) is 5.60 Å². The van der Waals surface area contributed by atoms with E-state index in [1.807, 2.05) is 20.8 Å². The van der Waals surface area contributed by atoms with Crippen molar-refractivity contribution in [1.29, 1.82) is 0 Å². The molecule has 2 fully saturated rings. The minimum Gasteiger partial charge on any atom is -0.444 e. The van der Waals surface area contributed by atoms with Crippen LogP contribution in [0.3, 0.4) is 0 Å². The lowest BCUT2D eigenvalue weighted by Gasteiger charge is -2.27. The Labute approximate surface area is 103 Å². The fourth-order valence-corrected chi connectivity index (χ4v) is 3.14. The van der Waals surface area contributed by atoms with Crippen molar-refractivity contribution in [3.8, 4) is 0 Å². The number of rotatable bonds is 1. The number of hydrogen-bond acceptors (Lipinski definition) is 3. The average molecular weight is 241 g/mol. The maximum atomic E-state index is 12.0. The van der Waals surface area contributed by atoms with Gasteiger partial charge in [-0.3, -0.25) is 0 Å². The largest absolute Gasteiger partial charge is 0.444 e. The van der Waals surface area contributed by atoms with Crippen molar-refractivity contribution in [1.82, 2.24) is 4.90 Å². The van der Waals surface area contributed by atoms with E-state index in [1.54, 1.807) is 4.90 Å². The monoisotopic (exact) mass is 241 g/mol. The number of carbonyl (C=O) groups excluding carboxylic acids is 1. The van der Waals surface area contributed by atoms with Gasteiger partial charge in [-0.2, -0.15) is 0 Å². The molecule has 0 aromatic carbocycles. The minimum atomic E-state index is -0.443. The number of nitrogens with zero attached hydrogens (tertiary/aromatic N) is 1. The summed E-state index contributed by atoms with van der Waals surface area (Å²) in [4.78, 5) is 13.7. The summed E-state index contributed by atoms with van der Waals surface area (Å²) >= 11 is 0. The Morgan fingerprint density at radius 3 is 2.76 bits per heavy atom. The summed E-state index contributed by atoms with van der Waals surface area (Å²) in [6.07, 6.45) is 3.10. The highest BCUT2D eigenvalue weighted by molar-refractivity contribution is 5.68. The fourth-order valence-electron chi connectivity index (χ4n) is 3.14. The maximum Gasteiger partial charge on any atom is 0.410 e.